The molecule has 0 amide bonds. The smallest absolute Gasteiger partial charge is 0.123 e. The number of hydrogen-bond donors (Lipinski definition) is 1. The van der Waals surface area contributed by atoms with Crippen LogP contribution < -0.4 is 5.32 Å². The lowest BCUT2D eigenvalue weighted by atomic mass is 9.80. The molecule has 2 rings (SSSR count). The van der Waals surface area contributed by atoms with Gasteiger partial charge in [0.05, 0.1) is 0 Å². The predicted octanol–water partition coefficient (Wildman–Crippen LogP) is 2.93. The van der Waals surface area contributed by atoms with Gasteiger partial charge >= 0.3 is 0 Å². The number of hydrogen-bond acceptors (Lipinski definition) is 1. The van der Waals surface area contributed by atoms with Crippen LogP contribution in [0.5, 0.6) is 0 Å². The van der Waals surface area contributed by atoms with E-state index in [1.165, 1.54) is 18.4 Å². The summed E-state index contributed by atoms with van der Waals surface area (Å²) in [6, 6.07) is 7.02. The monoisotopic (exact) mass is 207 g/mol. The van der Waals surface area contributed by atoms with Gasteiger partial charge in [-0.1, -0.05) is 25.5 Å². The minimum Gasteiger partial charge on any atom is -0.316 e. The lowest BCUT2D eigenvalue weighted by molar-refractivity contribution is 0.317. The van der Waals surface area contributed by atoms with E-state index in [-0.39, 0.29) is 5.82 Å². The van der Waals surface area contributed by atoms with Gasteiger partial charge in [0.15, 0.2) is 0 Å². The lowest BCUT2D eigenvalue weighted by Crippen LogP contribution is -2.35. The maximum absolute atomic E-state index is 12.8. The van der Waals surface area contributed by atoms with Gasteiger partial charge in [0, 0.05) is 0 Å². The Hall–Kier alpha value is -0.890. The highest BCUT2D eigenvalue weighted by molar-refractivity contribution is 5.22. The Bertz CT molecular complexity index is 307. The molecule has 1 aromatic carbocycles. The average Bonchev–Trinajstić information content (AvgIpc) is 2.30. The number of piperidine rings is 1. The van der Waals surface area contributed by atoms with E-state index in [0.29, 0.717) is 11.8 Å². The van der Waals surface area contributed by atoms with Gasteiger partial charge < -0.3 is 5.32 Å². The molecule has 1 aliphatic heterocycles. The number of halogens is 1. The fraction of sp³-hybridized carbons (Fsp3) is 0.538. The molecule has 15 heavy (non-hydrogen) atoms. The lowest BCUT2D eigenvalue weighted by Gasteiger charge is -2.31. The Kier molecular flexibility index (Phi) is 3.37. The second-order valence-corrected chi connectivity index (χ2v) is 4.32. The fourth-order valence-electron chi connectivity index (χ4n) is 2.50. The molecule has 1 heterocycles. The SMILES string of the molecule is CCC1CNCCC1c1ccc(F)cc1. The second-order valence-electron chi connectivity index (χ2n) is 4.32. The van der Waals surface area contributed by atoms with Crippen molar-refractivity contribution in [3.05, 3.63) is 35.6 Å². The molecule has 2 atom stereocenters. The van der Waals surface area contributed by atoms with Gasteiger partial charge in [-0.3, -0.25) is 0 Å². The summed E-state index contributed by atoms with van der Waals surface area (Å²) in [5, 5.41) is 3.42. The maximum Gasteiger partial charge on any atom is 0.123 e. The predicted molar refractivity (Wildman–Crippen MR) is 60.4 cm³/mol. The van der Waals surface area contributed by atoms with Crippen LogP contribution in [0, 0.1) is 11.7 Å². The molecule has 0 saturated carbocycles. The standard InChI is InChI=1S/C13H18FN/c1-2-10-9-15-8-7-13(10)11-3-5-12(14)6-4-11/h3-6,10,13,15H,2,7-9H2,1H3. The third kappa shape index (κ3) is 2.37. The van der Waals surface area contributed by atoms with E-state index in [2.05, 4.69) is 12.2 Å². The first-order valence-electron chi connectivity index (χ1n) is 5.77. The van der Waals surface area contributed by atoms with Crippen LogP contribution in [0.1, 0.15) is 31.2 Å². The van der Waals surface area contributed by atoms with Crippen molar-refractivity contribution in [2.24, 2.45) is 5.92 Å². The van der Waals surface area contributed by atoms with E-state index in [9.17, 15) is 4.39 Å². The molecule has 2 heteroatoms. The number of rotatable bonds is 2. The van der Waals surface area contributed by atoms with E-state index in [1.807, 2.05) is 12.1 Å². The summed E-state index contributed by atoms with van der Waals surface area (Å²) < 4.78 is 12.8. The van der Waals surface area contributed by atoms with Crippen LogP contribution in [-0.2, 0) is 0 Å². The highest BCUT2D eigenvalue weighted by Crippen LogP contribution is 2.32. The molecule has 1 N–H and O–H groups in total. The zero-order chi connectivity index (χ0) is 10.7. The van der Waals surface area contributed by atoms with Crippen LogP contribution in [0.2, 0.25) is 0 Å². The number of benzene rings is 1. The summed E-state index contributed by atoms with van der Waals surface area (Å²) in [7, 11) is 0. The molecule has 1 aliphatic rings. The minimum absolute atomic E-state index is 0.138. The summed E-state index contributed by atoms with van der Waals surface area (Å²) >= 11 is 0. The summed E-state index contributed by atoms with van der Waals surface area (Å²) in [4.78, 5) is 0. The first kappa shape index (κ1) is 10.6. The maximum atomic E-state index is 12.8. The van der Waals surface area contributed by atoms with Gasteiger partial charge in [-0.25, -0.2) is 4.39 Å². The zero-order valence-electron chi connectivity index (χ0n) is 9.17. The molecule has 0 spiro atoms. The highest BCUT2D eigenvalue weighted by atomic mass is 19.1. The van der Waals surface area contributed by atoms with Gasteiger partial charge in [0.2, 0.25) is 0 Å². The van der Waals surface area contributed by atoms with Crippen molar-refractivity contribution in [1.82, 2.24) is 5.32 Å². The third-order valence-corrected chi connectivity index (χ3v) is 3.43. The Labute approximate surface area is 90.7 Å². The van der Waals surface area contributed by atoms with Crippen molar-refractivity contribution in [2.75, 3.05) is 13.1 Å². The normalized spacial score (nSPS) is 26.5. The van der Waals surface area contributed by atoms with E-state index in [1.54, 1.807) is 12.1 Å². The van der Waals surface area contributed by atoms with E-state index >= 15 is 0 Å². The Morgan fingerprint density at radius 3 is 2.73 bits per heavy atom. The van der Waals surface area contributed by atoms with Gasteiger partial charge in [-0.2, -0.15) is 0 Å². The first-order chi connectivity index (χ1) is 7.31. The second kappa shape index (κ2) is 4.75. The topological polar surface area (TPSA) is 12.0 Å². The van der Waals surface area contributed by atoms with Crippen LogP contribution in [-0.4, -0.2) is 13.1 Å². The van der Waals surface area contributed by atoms with Crippen molar-refractivity contribution >= 4 is 0 Å². The summed E-state index contributed by atoms with van der Waals surface area (Å²) in [5.41, 5.74) is 1.30. The molecule has 0 bridgehead atoms. The molecular weight excluding hydrogens is 189 g/mol. The fourth-order valence-corrected chi connectivity index (χ4v) is 2.50. The van der Waals surface area contributed by atoms with Gasteiger partial charge in [-0.05, 0) is 49.0 Å². The van der Waals surface area contributed by atoms with E-state index < -0.39 is 0 Å². The summed E-state index contributed by atoms with van der Waals surface area (Å²) in [6.45, 7) is 4.41. The van der Waals surface area contributed by atoms with Crippen molar-refractivity contribution < 1.29 is 4.39 Å². The van der Waals surface area contributed by atoms with Gasteiger partial charge in [0.1, 0.15) is 5.82 Å². The quantitative estimate of drug-likeness (QED) is 0.786. The third-order valence-electron chi connectivity index (χ3n) is 3.43. The number of nitrogens with one attached hydrogen (secondary N) is 1. The molecule has 1 saturated heterocycles. The van der Waals surface area contributed by atoms with Crippen molar-refractivity contribution in [3.8, 4) is 0 Å². The van der Waals surface area contributed by atoms with Crippen molar-refractivity contribution in [2.45, 2.75) is 25.7 Å². The first-order valence-corrected chi connectivity index (χ1v) is 5.77. The molecule has 82 valence electrons. The van der Waals surface area contributed by atoms with Crippen molar-refractivity contribution in [1.29, 1.82) is 0 Å². The Balaban J connectivity index is 2.16. The Morgan fingerprint density at radius 2 is 2.07 bits per heavy atom. The van der Waals surface area contributed by atoms with Crippen LogP contribution in [0.25, 0.3) is 0 Å². The van der Waals surface area contributed by atoms with E-state index in [4.69, 9.17) is 0 Å². The summed E-state index contributed by atoms with van der Waals surface area (Å²) in [5.74, 6) is 1.17. The molecular formula is C13H18FN. The zero-order valence-corrected chi connectivity index (χ0v) is 9.17. The van der Waals surface area contributed by atoms with Crippen molar-refractivity contribution in [3.63, 3.8) is 0 Å². The molecule has 0 radical (unpaired) electrons. The average molecular weight is 207 g/mol. The Morgan fingerprint density at radius 1 is 1.33 bits per heavy atom. The van der Waals surface area contributed by atoms with E-state index in [0.717, 1.165) is 13.1 Å². The molecule has 2 unspecified atom stereocenters. The molecule has 1 aromatic rings. The largest absolute Gasteiger partial charge is 0.316 e. The van der Waals surface area contributed by atoms with Crippen LogP contribution >= 0.6 is 0 Å². The van der Waals surface area contributed by atoms with Crippen LogP contribution in [0.3, 0.4) is 0 Å². The molecule has 0 aliphatic carbocycles. The molecule has 1 nitrogen and oxygen atoms in total. The molecule has 1 fully saturated rings. The van der Waals surface area contributed by atoms with Gasteiger partial charge in [0.25, 0.3) is 0 Å². The highest BCUT2D eigenvalue weighted by Gasteiger charge is 2.24. The van der Waals surface area contributed by atoms with Crippen LogP contribution in [0.4, 0.5) is 4.39 Å². The molecule has 0 aromatic heterocycles. The minimum atomic E-state index is -0.138. The van der Waals surface area contributed by atoms with Crippen LogP contribution in [0.15, 0.2) is 24.3 Å². The van der Waals surface area contributed by atoms with Gasteiger partial charge in [-0.15, -0.1) is 0 Å². The summed E-state index contributed by atoms with van der Waals surface area (Å²) in [6.07, 6.45) is 2.36.